The van der Waals surface area contributed by atoms with Gasteiger partial charge in [0.1, 0.15) is 0 Å². The highest BCUT2D eigenvalue weighted by atomic mass is 32.1. The number of pyridine rings is 1. The standard InChI is InChI=1S/C16H18N2OS/c1-11-8-17-7-6-12(11)9-18-16(19)15-14-5-3-2-4-13(14)10-20-15/h6-8,10H,2-5,9H2,1H3,(H,18,19). The number of hydrogen-bond acceptors (Lipinski definition) is 3. The maximum Gasteiger partial charge on any atom is 0.261 e. The molecule has 3 rings (SSSR count). The molecule has 104 valence electrons. The van der Waals surface area contributed by atoms with Gasteiger partial charge in [-0.05, 0) is 66.3 Å². The molecular formula is C16H18N2OS. The van der Waals surface area contributed by atoms with Crippen LogP contribution in [0.2, 0.25) is 0 Å². The van der Waals surface area contributed by atoms with E-state index < -0.39 is 0 Å². The zero-order valence-electron chi connectivity index (χ0n) is 11.6. The van der Waals surface area contributed by atoms with Crippen LogP contribution in [-0.4, -0.2) is 10.9 Å². The van der Waals surface area contributed by atoms with Gasteiger partial charge in [0, 0.05) is 18.9 Å². The van der Waals surface area contributed by atoms with Crippen molar-refractivity contribution < 1.29 is 4.79 Å². The summed E-state index contributed by atoms with van der Waals surface area (Å²) < 4.78 is 0. The van der Waals surface area contributed by atoms with Gasteiger partial charge in [-0.1, -0.05) is 0 Å². The summed E-state index contributed by atoms with van der Waals surface area (Å²) in [6.45, 7) is 2.58. The zero-order chi connectivity index (χ0) is 13.9. The molecule has 4 heteroatoms. The lowest BCUT2D eigenvalue weighted by atomic mass is 9.94. The monoisotopic (exact) mass is 286 g/mol. The van der Waals surface area contributed by atoms with Crippen LogP contribution in [0.15, 0.2) is 23.8 Å². The SMILES string of the molecule is Cc1cnccc1CNC(=O)c1scc2c1CCCC2. The fourth-order valence-electron chi connectivity index (χ4n) is 2.67. The normalized spacial score (nSPS) is 13.8. The lowest BCUT2D eigenvalue weighted by molar-refractivity contribution is 0.0954. The quantitative estimate of drug-likeness (QED) is 0.941. The predicted molar refractivity (Wildman–Crippen MR) is 81.1 cm³/mol. The fraction of sp³-hybridized carbons (Fsp3) is 0.375. The summed E-state index contributed by atoms with van der Waals surface area (Å²) in [5.74, 6) is 0.0642. The van der Waals surface area contributed by atoms with Gasteiger partial charge in [0.15, 0.2) is 0 Å². The van der Waals surface area contributed by atoms with Crippen LogP contribution in [0.5, 0.6) is 0 Å². The second kappa shape index (κ2) is 5.75. The van der Waals surface area contributed by atoms with Gasteiger partial charge < -0.3 is 5.32 Å². The molecule has 0 saturated carbocycles. The number of rotatable bonds is 3. The summed E-state index contributed by atoms with van der Waals surface area (Å²) in [6, 6.07) is 1.96. The third kappa shape index (κ3) is 2.61. The first-order valence-corrected chi connectivity index (χ1v) is 7.90. The van der Waals surface area contributed by atoms with Gasteiger partial charge in [-0.2, -0.15) is 0 Å². The summed E-state index contributed by atoms with van der Waals surface area (Å²) in [5, 5.41) is 5.19. The summed E-state index contributed by atoms with van der Waals surface area (Å²) >= 11 is 1.59. The van der Waals surface area contributed by atoms with E-state index in [2.05, 4.69) is 15.7 Å². The van der Waals surface area contributed by atoms with E-state index in [1.807, 2.05) is 19.2 Å². The summed E-state index contributed by atoms with van der Waals surface area (Å²) in [5.41, 5.74) is 4.90. The van der Waals surface area contributed by atoms with Gasteiger partial charge in [0.25, 0.3) is 5.91 Å². The van der Waals surface area contributed by atoms with E-state index in [1.165, 1.54) is 24.0 Å². The van der Waals surface area contributed by atoms with Gasteiger partial charge in [0.2, 0.25) is 0 Å². The fourth-order valence-corrected chi connectivity index (χ4v) is 3.74. The minimum Gasteiger partial charge on any atom is -0.347 e. The summed E-state index contributed by atoms with van der Waals surface area (Å²) in [7, 11) is 0. The highest BCUT2D eigenvalue weighted by Gasteiger charge is 2.20. The Bertz CT molecular complexity index is 633. The Balaban J connectivity index is 1.71. The molecule has 1 amide bonds. The maximum atomic E-state index is 12.3. The summed E-state index contributed by atoms with van der Waals surface area (Å²) in [6.07, 6.45) is 8.23. The molecule has 0 atom stereocenters. The third-order valence-corrected chi connectivity index (χ3v) is 4.96. The molecule has 0 radical (unpaired) electrons. The van der Waals surface area contributed by atoms with Crippen molar-refractivity contribution in [3.8, 4) is 0 Å². The van der Waals surface area contributed by atoms with E-state index in [4.69, 9.17) is 0 Å². The first-order chi connectivity index (χ1) is 9.75. The van der Waals surface area contributed by atoms with Crippen molar-refractivity contribution in [2.75, 3.05) is 0 Å². The van der Waals surface area contributed by atoms with Crippen LogP contribution in [0, 0.1) is 6.92 Å². The van der Waals surface area contributed by atoms with Crippen LogP contribution in [-0.2, 0) is 19.4 Å². The van der Waals surface area contributed by atoms with Crippen molar-refractivity contribution in [1.82, 2.24) is 10.3 Å². The van der Waals surface area contributed by atoms with Crippen LogP contribution >= 0.6 is 11.3 Å². The molecule has 20 heavy (non-hydrogen) atoms. The molecule has 2 heterocycles. The van der Waals surface area contributed by atoms with Crippen molar-refractivity contribution in [2.24, 2.45) is 0 Å². The highest BCUT2D eigenvalue weighted by Crippen LogP contribution is 2.29. The van der Waals surface area contributed by atoms with E-state index in [9.17, 15) is 4.79 Å². The number of nitrogens with one attached hydrogen (secondary N) is 1. The largest absolute Gasteiger partial charge is 0.347 e. The predicted octanol–water partition coefficient (Wildman–Crippen LogP) is 3.26. The number of hydrogen-bond donors (Lipinski definition) is 1. The van der Waals surface area contributed by atoms with Crippen LogP contribution in [0.1, 0.15) is 44.8 Å². The average Bonchev–Trinajstić information content (AvgIpc) is 2.90. The van der Waals surface area contributed by atoms with Crippen LogP contribution in [0.4, 0.5) is 0 Å². The molecule has 2 aromatic heterocycles. The molecule has 0 unspecified atom stereocenters. The lowest BCUT2D eigenvalue weighted by Gasteiger charge is -2.13. The van der Waals surface area contributed by atoms with Gasteiger partial charge >= 0.3 is 0 Å². The smallest absolute Gasteiger partial charge is 0.261 e. The number of aryl methyl sites for hydroxylation is 2. The molecule has 0 spiro atoms. The molecule has 1 N–H and O–H groups in total. The van der Waals surface area contributed by atoms with Gasteiger partial charge in [-0.3, -0.25) is 9.78 Å². The Labute approximate surface area is 123 Å². The Morgan fingerprint density at radius 1 is 1.40 bits per heavy atom. The van der Waals surface area contributed by atoms with Crippen molar-refractivity contribution in [3.63, 3.8) is 0 Å². The Morgan fingerprint density at radius 2 is 2.25 bits per heavy atom. The Morgan fingerprint density at radius 3 is 3.10 bits per heavy atom. The van der Waals surface area contributed by atoms with E-state index in [0.29, 0.717) is 6.54 Å². The molecule has 3 nitrogen and oxygen atoms in total. The highest BCUT2D eigenvalue weighted by molar-refractivity contribution is 7.12. The van der Waals surface area contributed by atoms with Crippen molar-refractivity contribution in [2.45, 2.75) is 39.2 Å². The molecular weight excluding hydrogens is 268 g/mol. The van der Waals surface area contributed by atoms with E-state index >= 15 is 0 Å². The molecule has 2 aromatic rings. The molecule has 0 saturated heterocycles. The number of amides is 1. The second-order valence-corrected chi connectivity index (χ2v) is 6.14. The minimum absolute atomic E-state index is 0.0642. The molecule has 0 bridgehead atoms. The molecule has 0 aromatic carbocycles. The molecule has 1 aliphatic carbocycles. The number of aromatic nitrogens is 1. The van der Waals surface area contributed by atoms with Gasteiger partial charge in [-0.25, -0.2) is 0 Å². The first kappa shape index (κ1) is 13.3. The third-order valence-electron chi connectivity index (χ3n) is 3.89. The summed E-state index contributed by atoms with van der Waals surface area (Å²) in [4.78, 5) is 17.3. The van der Waals surface area contributed by atoms with E-state index in [1.54, 1.807) is 17.5 Å². The number of carbonyl (C=O) groups is 1. The van der Waals surface area contributed by atoms with E-state index in [0.717, 1.165) is 28.8 Å². The average molecular weight is 286 g/mol. The van der Waals surface area contributed by atoms with E-state index in [-0.39, 0.29) is 5.91 Å². The minimum atomic E-state index is 0.0642. The van der Waals surface area contributed by atoms with Crippen LogP contribution in [0.25, 0.3) is 0 Å². The van der Waals surface area contributed by atoms with Crippen molar-refractivity contribution in [1.29, 1.82) is 0 Å². The lowest BCUT2D eigenvalue weighted by Crippen LogP contribution is -2.23. The second-order valence-electron chi connectivity index (χ2n) is 5.26. The number of carbonyl (C=O) groups excluding carboxylic acids is 1. The van der Waals surface area contributed by atoms with Gasteiger partial charge in [0.05, 0.1) is 4.88 Å². The number of thiophene rings is 1. The Kier molecular flexibility index (Phi) is 3.83. The molecule has 0 fully saturated rings. The van der Waals surface area contributed by atoms with Gasteiger partial charge in [-0.15, -0.1) is 11.3 Å². The van der Waals surface area contributed by atoms with Crippen molar-refractivity contribution in [3.05, 3.63) is 51.0 Å². The van der Waals surface area contributed by atoms with Crippen LogP contribution in [0.3, 0.4) is 0 Å². The van der Waals surface area contributed by atoms with Crippen LogP contribution < -0.4 is 5.32 Å². The number of nitrogens with zero attached hydrogens (tertiary/aromatic N) is 1. The Hall–Kier alpha value is -1.68. The first-order valence-electron chi connectivity index (χ1n) is 7.02. The zero-order valence-corrected chi connectivity index (χ0v) is 12.4. The van der Waals surface area contributed by atoms with Crippen molar-refractivity contribution >= 4 is 17.2 Å². The topological polar surface area (TPSA) is 42.0 Å². The number of fused-ring (bicyclic) bond motifs is 1. The maximum absolute atomic E-state index is 12.3. The molecule has 0 aliphatic heterocycles. The molecule has 1 aliphatic rings.